The van der Waals surface area contributed by atoms with Crippen molar-refractivity contribution in [1.82, 2.24) is 5.32 Å². The normalized spacial score (nSPS) is 15.7. The molecule has 2 aromatic rings. The largest absolute Gasteiger partial charge is 0.482 e. The molecule has 0 atom stereocenters. The van der Waals surface area contributed by atoms with E-state index >= 15 is 0 Å². The number of Topliss-reactive ketones (excluding diaryl/α,β-unsaturated/α-hetero) is 1. The molecule has 1 heterocycles. The molecular weight excluding hydrogens is 344 g/mol. The van der Waals surface area contributed by atoms with E-state index in [1.807, 2.05) is 12.1 Å². The van der Waals surface area contributed by atoms with E-state index in [0.717, 1.165) is 18.4 Å². The monoisotopic (exact) mass is 364 g/mol. The molecule has 1 saturated carbocycles. The Morgan fingerprint density at radius 3 is 2.70 bits per heavy atom. The number of carbonyl (C=O) groups is 3. The quantitative estimate of drug-likeness (QED) is 0.828. The fraction of sp³-hybridized carbons (Fsp3) is 0.286. The van der Waals surface area contributed by atoms with E-state index in [1.165, 1.54) is 6.92 Å². The summed E-state index contributed by atoms with van der Waals surface area (Å²) in [6.07, 6.45) is 2.06. The molecule has 1 aliphatic heterocycles. The van der Waals surface area contributed by atoms with Crippen molar-refractivity contribution in [1.29, 1.82) is 0 Å². The molecule has 0 unspecified atom stereocenters. The van der Waals surface area contributed by atoms with Crippen molar-refractivity contribution in [3.63, 3.8) is 0 Å². The SMILES string of the molecule is CC(=O)c1ccc2c(c1)N(Cc1cccc(C(=O)NC3CC3)c1)C(=O)CO2. The highest BCUT2D eigenvalue weighted by Crippen LogP contribution is 2.34. The van der Waals surface area contributed by atoms with Gasteiger partial charge < -0.3 is 15.0 Å². The molecule has 0 spiro atoms. The third-order valence-electron chi connectivity index (χ3n) is 4.75. The Bertz CT molecular complexity index is 934. The number of hydrogen-bond acceptors (Lipinski definition) is 4. The molecule has 0 bridgehead atoms. The number of amides is 2. The molecule has 0 saturated heterocycles. The zero-order valence-electron chi connectivity index (χ0n) is 15.0. The van der Waals surface area contributed by atoms with Crippen LogP contribution in [0.1, 0.15) is 46.0 Å². The molecule has 1 N–H and O–H groups in total. The van der Waals surface area contributed by atoms with Gasteiger partial charge >= 0.3 is 0 Å². The zero-order valence-corrected chi connectivity index (χ0v) is 15.0. The van der Waals surface area contributed by atoms with Gasteiger partial charge in [0, 0.05) is 17.2 Å². The summed E-state index contributed by atoms with van der Waals surface area (Å²) in [5.41, 5.74) is 2.52. The van der Waals surface area contributed by atoms with Crippen LogP contribution in [-0.2, 0) is 11.3 Å². The predicted octanol–water partition coefficient (Wildman–Crippen LogP) is 2.71. The van der Waals surface area contributed by atoms with Gasteiger partial charge in [0.15, 0.2) is 12.4 Å². The van der Waals surface area contributed by atoms with Crippen molar-refractivity contribution in [3.8, 4) is 5.75 Å². The van der Waals surface area contributed by atoms with Crippen LogP contribution < -0.4 is 15.0 Å². The third-order valence-corrected chi connectivity index (χ3v) is 4.75. The highest BCUT2D eigenvalue weighted by molar-refractivity contribution is 6.01. The van der Waals surface area contributed by atoms with Crippen molar-refractivity contribution < 1.29 is 19.1 Å². The number of ketones is 1. The molecule has 1 aliphatic carbocycles. The second kappa shape index (κ2) is 6.87. The summed E-state index contributed by atoms with van der Waals surface area (Å²) < 4.78 is 5.48. The second-order valence-electron chi connectivity index (χ2n) is 6.96. The van der Waals surface area contributed by atoms with Gasteiger partial charge in [0.05, 0.1) is 12.2 Å². The van der Waals surface area contributed by atoms with Crippen LogP contribution in [0.3, 0.4) is 0 Å². The van der Waals surface area contributed by atoms with Gasteiger partial charge in [-0.05, 0) is 55.7 Å². The lowest BCUT2D eigenvalue weighted by atomic mass is 10.1. The van der Waals surface area contributed by atoms with E-state index in [1.54, 1.807) is 35.2 Å². The molecule has 138 valence electrons. The van der Waals surface area contributed by atoms with E-state index in [0.29, 0.717) is 35.2 Å². The highest BCUT2D eigenvalue weighted by atomic mass is 16.5. The minimum absolute atomic E-state index is 0.0473. The first kappa shape index (κ1) is 17.3. The Hall–Kier alpha value is -3.15. The first-order valence-corrected chi connectivity index (χ1v) is 8.99. The van der Waals surface area contributed by atoms with Gasteiger partial charge in [0.25, 0.3) is 11.8 Å². The Labute approximate surface area is 157 Å². The van der Waals surface area contributed by atoms with Gasteiger partial charge in [0.2, 0.25) is 0 Å². The molecule has 6 heteroatoms. The molecule has 0 aromatic heterocycles. The number of nitrogens with zero attached hydrogens (tertiary/aromatic N) is 1. The molecule has 27 heavy (non-hydrogen) atoms. The number of hydrogen-bond donors (Lipinski definition) is 1. The average Bonchev–Trinajstić information content (AvgIpc) is 3.48. The summed E-state index contributed by atoms with van der Waals surface area (Å²) in [7, 11) is 0. The number of nitrogens with one attached hydrogen (secondary N) is 1. The number of carbonyl (C=O) groups excluding carboxylic acids is 3. The number of anilines is 1. The molecule has 6 nitrogen and oxygen atoms in total. The standard InChI is InChI=1S/C21H20N2O4/c1-13(24)15-5-8-19-18(10-15)23(20(25)12-27-19)11-14-3-2-4-16(9-14)21(26)22-17-6-7-17/h2-5,8-10,17H,6-7,11-12H2,1H3,(H,22,26). The lowest BCUT2D eigenvalue weighted by molar-refractivity contribution is -0.121. The smallest absolute Gasteiger partial charge is 0.265 e. The average molecular weight is 364 g/mol. The Morgan fingerprint density at radius 2 is 1.96 bits per heavy atom. The summed E-state index contributed by atoms with van der Waals surface area (Å²) in [4.78, 5) is 38.0. The van der Waals surface area contributed by atoms with Crippen molar-refractivity contribution in [2.24, 2.45) is 0 Å². The number of fused-ring (bicyclic) bond motifs is 1. The fourth-order valence-electron chi connectivity index (χ4n) is 3.08. The molecule has 0 radical (unpaired) electrons. The molecular formula is C21H20N2O4. The van der Waals surface area contributed by atoms with Gasteiger partial charge in [-0.3, -0.25) is 14.4 Å². The minimum atomic E-state index is -0.184. The Kier molecular flexibility index (Phi) is 4.39. The lowest BCUT2D eigenvalue weighted by Gasteiger charge is -2.30. The number of benzene rings is 2. The van der Waals surface area contributed by atoms with Gasteiger partial charge in [-0.25, -0.2) is 0 Å². The van der Waals surface area contributed by atoms with Crippen molar-refractivity contribution in [2.75, 3.05) is 11.5 Å². The van der Waals surface area contributed by atoms with Gasteiger partial charge in [0.1, 0.15) is 5.75 Å². The maximum Gasteiger partial charge on any atom is 0.265 e. The Balaban J connectivity index is 1.60. The maximum absolute atomic E-state index is 12.5. The summed E-state index contributed by atoms with van der Waals surface area (Å²) in [5.74, 6) is 0.222. The molecule has 1 fully saturated rings. The van der Waals surface area contributed by atoms with Crippen LogP contribution in [0.2, 0.25) is 0 Å². The van der Waals surface area contributed by atoms with Gasteiger partial charge in [-0.2, -0.15) is 0 Å². The molecule has 2 aliphatic rings. The molecule has 2 amide bonds. The van der Waals surface area contributed by atoms with E-state index in [4.69, 9.17) is 4.74 Å². The van der Waals surface area contributed by atoms with Crippen LogP contribution in [0.25, 0.3) is 0 Å². The molecule has 4 rings (SSSR count). The van der Waals surface area contributed by atoms with E-state index < -0.39 is 0 Å². The first-order chi connectivity index (χ1) is 13.0. The first-order valence-electron chi connectivity index (χ1n) is 8.99. The number of ether oxygens (including phenoxy) is 1. The fourth-order valence-corrected chi connectivity index (χ4v) is 3.08. The summed E-state index contributed by atoms with van der Waals surface area (Å²) in [6.45, 7) is 1.74. The van der Waals surface area contributed by atoms with Crippen LogP contribution in [0.15, 0.2) is 42.5 Å². The highest BCUT2D eigenvalue weighted by Gasteiger charge is 2.27. The summed E-state index contributed by atoms with van der Waals surface area (Å²) in [5, 5.41) is 2.97. The van der Waals surface area contributed by atoms with Crippen LogP contribution in [0.5, 0.6) is 5.75 Å². The number of rotatable bonds is 5. The minimum Gasteiger partial charge on any atom is -0.482 e. The summed E-state index contributed by atoms with van der Waals surface area (Å²) >= 11 is 0. The van der Waals surface area contributed by atoms with E-state index in [2.05, 4.69) is 5.32 Å². The second-order valence-corrected chi connectivity index (χ2v) is 6.96. The summed E-state index contributed by atoms with van der Waals surface area (Å²) in [6, 6.07) is 12.6. The van der Waals surface area contributed by atoms with Gasteiger partial charge in [-0.1, -0.05) is 12.1 Å². The van der Waals surface area contributed by atoms with Crippen LogP contribution in [-0.4, -0.2) is 30.2 Å². The van der Waals surface area contributed by atoms with E-state index in [9.17, 15) is 14.4 Å². The van der Waals surface area contributed by atoms with Crippen LogP contribution >= 0.6 is 0 Å². The van der Waals surface area contributed by atoms with Crippen LogP contribution in [0, 0.1) is 0 Å². The van der Waals surface area contributed by atoms with Crippen molar-refractivity contribution in [3.05, 3.63) is 59.2 Å². The van der Waals surface area contributed by atoms with Crippen LogP contribution in [0.4, 0.5) is 5.69 Å². The topological polar surface area (TPSA) is 75.7 Å². The zero-order chi connectivity index (χ0) is 19.0. The third kappa shape index (κ3) is 3.69. The lowest BCUT2D eigenvalue weighted by Crippen LogP contribution is -2.38. The maximum atomic E-state index is 12.5. The molecule has 2 aromatic carbocycles. The van der Waals surface area contributed by atoms with E-state index in [-0.39, 0.29) is 24.2 Å². The predicted molar refractivity (Wildman–Crippen MR) is 100 cm³/mol. The van der Waals surface area contributed by atoms with Crippen molar-refractivity contribution >= 4 is 23.3 Å². The Morgan fingerprint density at radius 1 is 1.15 bits per heavy atom. The van der Waals surface area contributed by atoms with Crippen molar-refractivity contribution in [2.45, 2.75) is 32.4 Å². The van der Waals surface area contributed by atoms with Gasteiger partial charge in [-0.15, -0.1) is 0 Å².